The van der Waals surface area contributed by atoms with Gasteiger partial charge in [-0.15, -0.1) is 0 Å². The SMILES string of the molecule is O=C(NCCOc1ccccc1Cl)[C@@H]1CN(S(=O)(=O)c2ccccc2)c2ccccc2O1. The lowest BCUT2D eigenvalue weighted by Gasteiger charge is -2.34. The molecule has 3 aromatic carbocycles. The number of benzene rings is 3. The number of rotatable bonds is 7. The summed E-state index contributed by atoms with van der Waals surface area (Å²) in [7, 11) is -3.87. The van der Waals surface area contributed by atoms with Crippen LogP contribution in [0.4, 0.5) is 5.69 Å². The van der Waals surface area contributed by atoms with Gasteiger partial charge < -0.3 is 14.8 Å². The molecule has 4 rings (SSSR count). The molecule has 3 aromatic rings. The zero-order valence-corrected chi connectivity index (χ0v) is 18.6. The second kappa shape index (κ2) is 9.50. The average molecular weight is 473 g/mol. The van der Waals surface area contributed by atoms with Crippen LogP contribution in [0.1, 0.15) is 0 Å². The van der Waals surface area contributed by atoms with Gasteiger partial charge in [0.15, 0.2) is 6.10 Å². The van der Waals surface area contributed by atoms with Gasteiger partial charge in [0.05, 0.1) is 28.7 Å². The number of nitrogens with zero attached hydrogens (tertiary/aromatic N) is 1. The normalized spacial score (nSPS) is 15.4. The molecular formula is C23H21ClN2O5S. The third-order valence-corrected chi connectivity index (χ3v) is 6.96. The van der Waals surface area contributed by atoms with Crippen molar-refractivity contribution in [2.45, 2.75) is 11.0 Å². The zero-order valence-electron chi connectivity index (χ0n) is 17.0. The number of nitrogens with one attached hydrogen (secondary N) is 1. The molecular weight excluding hydrogens is 452 g/mol. The molecule has 0 radical (unpaired) electrons. The lowest BCUT2D eigenvalue weighted by atomic mass is 10.2. The highest BCUT2D eigenvalue weighted by molar-refractivity contribution is 7.92. The van der Waals surface area contributed by atoms with Gasteiger partial charge in [-0.3, -0.25) is 9.10 Å². The number of carbonyl (C=O) groups excluding carboxylic acids is 1. The molecule has 0 aliphatic carbocycles. The van der Waals surface area contributed by atoms with E-state index in [9.17, 15) is 13.2 Å². The van der Waals surface area contributed by atoms with Gasteiger partial charge in [-0.25, -0.2) is 8.42 Å². The summed E-state index contributed by atoms with van der Waals surface area (Å²) in [6, 6.07) is 21.9. The number of ether oxygens (including phenoxy) is 2. The maximum atomic E-state index is 13.3. The van der Waals surface area contributed by atoms with Crippen LogP contribution >= 0.6 is 11.6 Å². The van der Waals surface area contributed by atoms with E-state index in [1.54, 1.807) is 66.7 Å². The maximum absolute atomic E-state index is 13.3. The molecule has 0 saturated heterocycles. The number of anilines is 1. The van der Waals surface area contributed by atoms with Gasteiger partial charge in [-0.05, 0) is 36.4 Å². The fourth-order valence-corrected chi connectivity index (χ4v) is 4.98. The van der Waals surface area contributed by atoms with Gasteiger partial charge in [0, 0.05) is 0 Å². The Hall–Kier alpha value is -3.23. The molecule has 7 nitrogen and oxygen atoms in total. The van der Waals surface area contributed by atoms with Gasteiger partial charge in [-0.1, -0.05) is 54.1 Å². The van der Waals surface area contributed by atoms with Crippen LogP contribution in [0.2, 0.25) is 5.02 Å². The minimum atomic E-state index is -3.87. The van der Waals surface area contributed by atoms with Crippen LogP contribution in [-0.2, 0) is 14.8 Å². The van der Waals surface area contributed by atoms with E-state index >= 15 is 0 Å². The van der Waals surface area contributed by atoms with E-state index in [1.807, 2.05) is 0 Å². The minimum Gasteiger partial charge on any atom is -0.490 e. The molecule has 0 unspecified atom stereocenters. The first kappa shape index (κ1) is 22.0. The molecule has 1 aliphatic rings. The maximum Gasteiger partial charge on any atom is 0.264 e. The molecule has 166 valence electrons. The number of sulfonamides is 1. The molecule has 1 heterocycles. The molecule has 1 aliphatic heterocycles. The highest BCUT2D eigenvalue weighted by Crippen LogP contribution is 2.36. The number of para-hydroxylation sites is 3. The Morgan fingerprint density at radius 1 is 1.03 bits per heavy atom. The topological polar surface area (TPSA) is 84.9 Å². The third kappa shape index (κ3) is 4.66. The monoisotopic (exact) mass is 472 g/mol. The summed E-state index contributed by atoms with van der Waals surface area (Å²) in [6.45, 7) is 0.257. The lowest BCUT2D eigenvalue weighted by Crippen LogP contribution is -2.51. The Balaban J connectivity index is 1.46. The van der Waals surface area contributed by atoms with E-state index < -0.39 is 22.0 Å². The summed E-state index contributed by atoms with van der Waals surface area (Å²) in [5.41, 5.74) is 0.391. The van der Waals surface area contributed by atoms with Crippen LogP contribution in [0, 0.1) is 0 Å². The van der Waals surface area contributed by atoms with E-state index in [-0.39, 0.29) is 24.6 Å². The van der Waals surface area contributed by atoms with Gasteiger partial charge in [-0.2, -0.15) is 0 Å². The summed E-state index contributed by atoms with van der Waals surface area (Å²) in [6.07, 6.45) is -1.01. The van der Waals surface area contributed by atoms with Crippen molar-refractivity contribution in [2.24, 2.45) is 0 Å². The first-order valence-electron chi connectivity index (χ1n) is 9.95. The van der Waals surface area contributed by atoms with Crippen LogP contribution in [0.3, 0.4) is 0 Å². The van der Waals surface area contributed by atoms with Gasteiger partial charge in [0.25, 0.3) is 15.9 Å². The predicted octanol–water partition coefficient (Wildman–Crippen LogP) is 3.49. The first-order valence-corrected chi connectivity index (χ1v) is 11.8. The number of halogens is 1. The van der Waals surface area contributed by atoms with E-state index in [2.05, 4.69) is 5.32 Å². The first-order chi connectivity index (χ1) is 15.5. The van der Waals surface area contributed by atoms with Crippen molar-refractivity contribution in [1.82, 2.24) is 5.32 Å². The summed E-state index contributed by atoms with van der Waals surface area (Å²) in [5.74, 6) is 0.410. The predicted molar refractivity (Wildman–Crippen MR) is 122 cm³/mol. The van der Waals surface area contributed by atoms with Gasteiger partial charge in [0.2, 0.25) is 0 Å². The number of amides is 1. The van der Waals surface area contributed by atoms with Crippen LogP contribution in [-0.4, -0.2) is 40.1 Å². The molecule has 1 amide bonds. The van der Waals surface area contributed by atoms with Crippen LogP contribution in [0.5, 0.6) is 11.5 Å². The number of hydrogen-bond donors (Lipinski definition) is 1. The van der Waals surface area contributed by atoms with Gasteiger partial charge >= 0.3 is 0 Å². The number of carbonyl (C=O) groups is 1. The van der Waals surface area contributed by atoms with E-state index in [1.165, 1.54) is 16.4 Å². The van der Waals surface area contributed by atoms with Crippen molar-refractivity contribution in [3.05, 3.63) is 83.9 Å². The highest BCUT2D eigenvalue weighted by Gasteiger charge is 2.37. The molecule has 9 heteroatoms. The molecule has 0 spiro atoms. The van der Waals surface area contributed by atoms with Crippen molar-refractivity contribution < 1.29 is 22.7 Å². The lowest BCUT2D eigenvalue weighted by molar-refractivity contribution is -0.127. The molecule has 32 heavy (non-hydrogen) atoms. The largest absolute Gasteiger partial charge is 0.490 e. The van der Waals surface area contributed by atoms with E-state index in [4.69, 9.17) is 21.1 Å². The van der Waals surface area contributed by atoms with E-state index in [0.29, 0.717) is 22.2 Å². The summed E-state index contributed by atoms with van der Waals surface area (Å²) in [4.78, 5) is 12.9. The Bertz CT molecular complexity index is 1200. The standard InChI is InChI=1S/C23H21ClN2O5S/c24-18-10-4-6-12-20(18)30-15-14-25-23(27)22-16-26(19-11-5-7-13-21(19)31-22)32(28,29)17-8-2-1-3-9-17/h1-13,22H,14-16H2,(H,25,27)/t22-/m0/s1. The van der Waals surface area contributed by atoms with Crippen molar-refractivity contribution in [3.8, 4) is 11.5 Å². The van der Waals surface area contributed by atoms with Gasteiger partial charge in [0.1, 0.15) is 18.1 Å². The summed E-state index contributed by atoms with van der Waals surface area (Å²) in [5, 5.41) is 3.21. The summed E-state index contributed by atoms with van der Waals surface area (Å²) < 4.78 is 39.1. The van der Waals surface area contributed by atoms with E-state index in [0.717, 1.165) is 0 Å². The minimum absolute atomic E-state index is 0.143. The number of fused-ring (bicyclic) bond motifs is 1. The molecule has 0 aromatic heterocycles. The summed E-state index contributed by atoms with van der Waals surface area (Å²) >= 11 is 6.05. The van der Waals surface area contributed by atoms with Crippen molar-refractivity contribution in [1.29, 1.82) is 0 Å². The Labute approximate surface area is 191 Å². The molecule has 0 fully saturated rings. The Morgan fingerprint density at radius 2 is 1.72 bits per heavy atom. The highest BCUT2D eigenvalue weighted by atomic mass is 35.5. The quantitative estimate of drug-likeness (QED) is 0.532. The molecule has 1 atom stereocenters. The molecule has 0 bridgehead atoms. The second-order valence-electron chi connectivity index (χ2n) is 6.99. The van der Waals surface area contributed by atoms with Crippen molar-refractivity contribution in [2.75, 3.05) is 24.0 Å². The fraction of sp³-hybridized carbons (Fsp3) is 0.174. The Morgan fingerprint density at radius 3 is 2.50 bits per heavy atom. The van der Waals surface area contributed by atoms with Crippen LogP contribution in [0.25, 0.3) is 0 Å². The van der Waals surface area contributed by atoms with Crippen LogP contribution in [0.15, 0.2) is 83.8 Å². The zero-order chi connectivity index (χ0) is 22.6. The average Bonchev–Trinajstić information content (AvgIpc) is 2.82. The third-order valence-electron chi connectivity index (χ3n) is 4.85. The smallest absolute Gasteiger partial charge is 0.264 e. The number of hydrogen-bond acceptors (Lipinski definition) is 5. The Kier molecular flexibility index (Phi) is 6.53. The van der Waals surface area contributed by atoms with Crippen molar-refractivity contribution >= 4 is 33.2 Å². The van der Waals surface area contributed by atoms with Crippen LogP contribution < -0.4 is 19.1 Å². The molecule has 0 saturated carbocycles. The van der Waals surface area contributed by atoms with Crippen molar-refractivity contribution in [3.63, 3.8) is 0 Å². The molecule has 1 N–H and O–H groups in total. The second-order valence-corrected chi connectivity index (χ2v) is 9.26. The fourth-order valence-electron chi connectivity index (χ4n) is 3.30.